The van der Waals surface area contributed by atoms with Crippen LogP contribution < -0.4 is 37.1 Å². The van der Waals surface area contributed by atoms with Gasteiger partial charge in [-0.15, -0.1) is 0 Å². The molecule has 1 unspecified atom stereocenters. The fraction of sp³-hybridized carbons (Fsp3) is 0.500. The first kappa shape index (κ1) is 27.4. The second-order valence-electron chi connectivity index (χ2n) is 12.8. The molecule has 1 spiro atoms. The number of benzene rings is 1. The van der Waals surface area contributed by atoms with E-state index in [0.717, 1.165) is 30.5 Å². The summed E-state index contributed by atoms with van der Waals surface area (Å²) in [4.78, 5) is 41.0. The third kappa shape index (κ3) is 4.12. The van der Waals surface area contributed by atoms with Crippen LogP contribution in [-0.2, 0) is 15.6 Å². The van der Waals surface area contributed by atoms with Crippen LogP contribution in [-0.4, -0.2) is 88.3 Å². The minimum Gasteiger partial charge on any atom is -0.492 e. The molecule has 43 heavy (non-hydrogen) atoms. The van der Waals surface area contributed by atoms with Crippen molar-refractivity contribution >= 4 is 23.7 Å². The van der Waals surface area contributed by atoms with E-state index in [0.29, 0.717) is 17.9 Å². The van der Waals surface area contributed by atoms with Crippen LogP contribution in [0.15, 0.2) is 47.6 Å². The lowest BCUT2D eigenvalue weighted by atomic mass is 9.79. The summed E-state index contributed by atoms with van der Waals surface area (Å²) in [6.45, 7) is 5.16. The minimum atomic E-state index is -1.18. The van der Waals surface area contributed by atoms with E-state index in [-0.39, 0.29) is 42.2 Å². The Kier molecular flexibility index (Phi) is 6.10. The van der Waals surface area contributed by atoms with Gasteiger partial charge in [-0.05, 0) is 42.9 Å². The molecule has 9 N–H and O–H groups in total. The van der Waals surface area contributed by atoms with Crippen LogP contribution in [0.5, 0.6) is 5.75 Å². The zero-order chi connectivity index (χ0) is 30.1. The van der Waals surface area contributed by atoms with E-state index in [1.54, 1.807) is 17.2 Å². The summed E-state index contributed by atoms with van der Waals surface area (Å²) >= 11 is 0. The van der Waals surface area contributed by atoms with Crippen LogP contribution in [0.25, 0.3) is 0 Å². The highest BCUT2D eigenvalue weighted by atomic mass is 16.5. The van der Waals surface area contributed by atoms with Crippen molar-refractivity contribution in [3.05, 3.63) is 59.4 Å². The summed E-state index contributed by atoms with van der Waals surface area (Å²) in [5.41, 5.74) is 12.9. The summed E-state index contributed by atoms with van der Waals surface area (Å²) in [7, 11) is 0. The zero-order valence-electron chi connectivity index (χ0n) is 24.3. The molecule has 2 aromatic rings. The SMILES string of the molecule is CC1(C)CCOc2c(C(=O)NC3CN4C(N)=N[C@@H](CNC(=O)C5(c6ccccn6)CC5)[C@@H]5[NH+]=C(N)N[C@@]54[C@@H]3O)cccc21. The van der Waals surface area contributed by atoms with Gasteiger partial charge in [0.2, 0.25) is 11.6 Å². The number of hydrogen-bond acceptors (Lipinski definition) is 10. The molecular weight excluding hydrogens is 550 g/mol. The van der Waals surface area contributed by atoms with Gasteiger partial charge in [-0.25, -0.2) is 10.3 Å². The second-order valence-corrected chi connectivity index (χ2v) is 12.8. The Hall–Kier alpha value is -4.39. The highest BCUT2D eigenvalue weighted by Crippen LogP contribution is 2.47. The zero-order valence-corrected chi connectivity index (χ0v) is 24.3. The highest BCUT2D eigenvalue weighted by Gasteiger charge is 2.68. The number of nitrogens with two attached hydrogens (primary N) is 2. The van der Waals surface area contributed by atoms with E-state index in [9.17, 15) is 14.7 Å². The number of guanidine groups is 2. The van der Waals surface area contributed by atoms with Gasteiger partial charge < -0.3 is 31.1 Å². The number of nitrogens with one attached hydrogen (secondary N) is 4. The average molecular weight is 589 g/mol. The van der Waals surface area contributed by atoms with E-state index < -0.39 is 35.3 Å². The number of pyridine rings is 1. The van der Waals surface area contributed by atoms with Crippen molar-refractivity contribution in [1.29, 1.82) is 0 Å². The molecule has 5 heterocycles. The van der Waals surface area contributed by atoms with Gasteiger partial charge in [0.05, 0.1) is 29.3 Å². The fourth-order valence-electron chi connectivity index (χ4n) is 7.22. The Morgan fingerprint density at radius 2 is 2.00 bits per heavy atom. The third-order valence-corrected chi connectivity index (χ3v) is 9.83. The Balaban J connectivity index is 1.11. The molecule has 2 amide bonds. The first-order valence-corrected chi connectivity index (χ1v) is 14.8. The predicted molar refractivity (Wildman–Crippen MR) is 157 cm³/mol. The molecule has 5 aliphatic rings. The van der Waals surface area contributed by atoms with E-state index in [2.05, 4.69) is 39.8 Å². The van der Waals surface area contributed by atoms with Crippen LogP contribution in [0.1, 0.15) is 54.7 Å². The number of rotatable bonds is 6. The number of nitrogens with zero attached hydrogens (tertiary/aromatic N) is 3. The van der Waals surface area contributed by atoms with Crippen molar-refractivity contribution in [3.63, 3.8) is 0 Å². The first-order valence-electron chi connectivity index (χ1n) is 14.8. The summed E-state index contributed by atoms with van der Waals surface area (Å²) in [5.74, 6) is 0.545. The smallest absolute Gasteiger partial charge is 0.343 e. The van der Waals surface area contributed by atoms with Gasteiger partial charge in [0.15, 0.2) is 12.0 Å². The monoisotopic (exact) mass is 588 g/mol. The second kappa shape index (κ2) is 9.56. The normalized spacial score (nSPS) is 30.8. The van der Waals surface area contributed by atoms with E-state index >= 15 is 0 Å². The van der Waals surface area contributed by atoms with Crippen LogP contribution in [0.2, 0.25) is 0 Å². The lowest BCUT2D eigenvalue weighted by Crippen LogP contribution is -2.88. The quantitative estimate of drug-likeness (QED) is 0.191. The van der Waals surface area contributed by atoms with Gasteiger partial charge >= 0.3 is 5.96 Å². The van der Waals surface area contributed by atoms with Gasteiger partial charge in [0.25, 0.3) is 5.91 Å². The summed E-state index contributed by atoms with van der Waals surface area (Å²) in [6.07, 6.45) is 2.87. The van der Waals surface area contributed by atoms with E-state index in [1.807, 2.05) is 30.3 Å². The minimum absolute atomic E-state index is 0.118. The molecule has 13 nitrogen and oxygen atoms in total. The highest BCUT2D eigenvalue weighted by molar-refractivity contribution is 5.98. The van der Waals surface area contributed by atoms with Crippen LogP contribution in [0.3, 0.4) is 0 Å². The van der Waals surface area contributed by atoms with Gasteiger partial charge in [-0.2, -0.15) is 0 Å². The molecule has 1 aliphatic carbocycles. The average Bonchev–Trinajstić information content (AvgIpc) is 3.66. The standard InChI is InChI=1S/C30H37N9O4/c1-28(2)11-13-43-21-16(6-5-7-17(21)28)24(41)35-19-15-39-27(32)36-18(22-30(39,23(19)40)38-26(31)37-22)14-34-25(42)29(9-10-29)20-8-3-4-12-33-20/h3-8,12,18-19,22-23,40H,9-11,13-15H2,1-2H3,(H2,32,36)(H,34,42)(H,35,41)(H3,31,37,38)/p+1/t18-,19?,22-,23+,30-/m0/s1. The van der Waals surface area contributed by atoms with Gasteiger partial charge in [-0.3, -0.25) is 25.3 Å². The number of hydrogen-bond donors (Lipinski definition) is 7. The molecule has 1 saturated carbocycles. The summed E-state index contributed by atoms with van der Waals surface area (Å²) in [6, 6.07) is 9.36. The van der Waals surface area contributed by atoms with E-state index in [1.165, 1.54) is 0 Å². The maximum absolute atomic E-state index is 13.6. The van der Waals surface area contributed by atoms with Crippen molar-refractivity contribution in [2.24, 2.45) is 16.5 Å². The fourth-order valence-corrected chi connectivity index (χ4v) is 7.22. The largest absolute Gasteiger partial charge is 0.492 e. The number of carbonyl (C=O) groups excluding carboxylic acids is 2. The molecule has 0 bridgehead atoms. The Labute approximate surface area is 249 Å². The molecule has 5 atom stereocenters. The van der Waals surface area contributed by atoms with Crippen molar-refractivity contribution in [1.82, 2.24) is 25.8 Å². The topological polar surface area (TPSA) is 194 Å². The molecule has 7 rings (SSSR count). The number of aliphatic hydroxyl groups is 1. The third-order valence-electron chi connectivity index (χ3n) is 9.83. The number of fused-ring (bicyclic) bond motifs is 1. The van der Waals surface area contributed by atoms with Crippen LogP contribution in [0.4, 0.5) is 0 Å². The molecule has 226 valence electrons. The number of carbonyl (C=O) groups is 2. The van der Waals surface area contributed by atoms with Crippen molar-refractivity contribution in [3.8, 4) is 5.75 Å². The Morgan fingerprint density at radius 1 is 1.19 bits per heavy atom. The maximum Gasteiger partial charge on any atom is 0.343 e. The molecular formula is C30H38N9O4+. The van der Waals surface area contributed by atoms with Gasteiger partial charge in [0.1, 0.15) is 17.9 Å². The Bertz CT molecular complexity index is 1540. The lowest BCUT2D eigenvalue weighted by molar-refractivity contribution is -0.513. The van der Waals surface area contributed by atoms with Gasteiger partial charge in [-0.1, -0.05) is 32.0 Å². The van der Waals surface area contributed by atoms with Crippen molar-refractivity contribution in [2.75, 3.05) is 19.7 Å². The molecule has 1 saturated heterocycles. The number of aromatic nitrogens is 1. The number of amides is 2. The predicted octanol–water partition coefficient (Wildman–Crippen LogP) is -2.48. The molecule has 1 aromatic carbocycles. The van der Waals surface area contributed by atoms with Crippen LogP contribution in [0, 0.1) is 0 Å². The van der Waals surface area contributed by atoms with Crippen molar-refractivity contribution < 1.29 is 24.4 Å². The summed E-state index contributed by atoms with van der Waals surface area (Å²) in [5, 5.41) is 21.1. The van der Waals surface area contributed by atoms with Crippen LogP contribution >= 0.6 is 0 Å². The maximum atomic E-state index is 13.6. The molecule has 4 aliphatic heterocycles. The number of ether oxygens (including phenoxy) is 1. The molecule has 0 radical (unpaired) electrons. The molecule has 13 heteroatoms. The number of para-hydroxylation sites is 1. The Morgan fingerprint density at radius 3 is 2.74 bits per heavy atom. The summed E-state index contributed by atoms with van der Waals surface area (Å²) < 4.78 is 5.96. The van der Waals surface area contributed by atoms with Crippen molar-refractivity contribution in [2.45, 2.75) is 73.8 Å². The first-order chi connectivity index (χ1) is 20.6. The number of aliphatic imine (C=N–C) groups is 1. The molecule has 1 aromatic heterocycles. The van der Waals surface area contributed by atoms with E-state index in [4.69, 9.17) is 21.2 Å². The van der Waals surface area contributed by atoms with Gasteiger partial charge in [0, 0.05) is 24.8 Å². The lowest BCUT2D eigenvalue weighted by Gasteiger charge is -2.43. The molecule has 2 fully saturated rings. The number of aliphatic hydroxyl groups excluding tert-OH is 1.